The van der Waals surface area contributed by atoms with Crippen LogP contribution >= 0.6 is 0 Å². The standard InChI is InChI=1S/C23H31N3O/c1-19-6-4-7-20(18-19)25-16-14-24(15-17-25)11-2-3-12-26-13-10-21-22(26)8-5-9-23(21)27/h4,6-7,10,13,18H,2-3,5,8-9,11-12,14-17H2,1H3. The van der Waals surface area contributed by atoms with Crippen LogP contribution < -0.4 is 4.90 Å². The van der Waals surface area contributed by atoms with Crippen LogP contribution in [0.25, 0.3) is 0 Å². The van der Waals surface area contributed by atoms with Crippen LogP contribution in [-0.4, -0.2) is 48.0 Å². The Bertz CT molecular complexity index is 787. The number of carbonyl (C=O) groups excluding carboxylic acids is 1. The van der Waals surface area contributed by atoms with Gasteiger partial charge in [0.25, 0.3) is 0 Å². The lowest BCUT2D eigenvalue weighted by molar-refractivity contribution is 0.0971. The lowest BCUT2D eigenvalue weighted by atomic mass is 9.97. The van der Waals surface area contributed by atoms with E-state index in [1.165, 1.54) is 36.3 Å². The van der Waals surface area contributed by atoms with Gasteiger partial charge in [0.05, 0.1) is 0 Å². The minimum absolute atomic E-state index is 0.335. The molecule has 144 valence electrons. The molecule has 0 radical (unpaired) electrons. The van der Waals surface area contributed by atoms with Crippen molar-refractivity contribution < 1.29 is 4.79 Å². The second-order valence-corrected chi connectivity index (χ2v) is 8.02. The number of ketones is 1. The summed E-state index contributed by atoms with van der Waals surface area (Å²) >= 11 is 0. The normalized spacial score (nSPS) is 18.0. The van der Waals surface area contributed by atoms with Crippen LogP contribution in [0.4, 0.5) is 5.69 Å². The molecule has 1 aromatic carbocycles. The molecule has 0 amide bonds. The highest BCUT2D eigenvalue weighted by atomic mass is 16.1. The molecule has 1 aliphatic heterocycles. The molecule has 2 heterocycles. The minimum atomic E-state index is 0.335. The molecule has 2 aromatic rings. The van der Waals surface area contributed by atoms with Crippen molar-refractivity contribution in [3.63, 3.8) is 0 Å². The third-order valence-electron chi connectivity index (χ3n) is 6.06. The molecule has 0 spiro atoms. The van der Waals surface area contributed by atoms with Crippen LogP contribution in [-0.2, 0) is 13.0 Å². The fourth-order valence-corrected chi connectivity index (χ4v) is 4.47. The molecule has 2 aliphatic rings. The number of carbonyl (C=O) groups is 1. The summed E-state index contributed by atoms with van der Waals surface area (Å²) in [5.41, 5.74) is 4.96. The summed E-state index contributed by atoms with van der Waals surface area (Å²) in [6, 6.07) is 10.9. The monoisotopic (exact) mass is 365 g/mol. The van der Waals surface area contributed by atoms with Crippen LogP contribution in [0.1, 0.15) is 47.3 Å². The molecule has 27 heavy (non-hydrogen) atoms. The molecule has 0 N–H and O–H groups in total. The summed E-state index contributed by atoms with van der Waals surface area (Å²) < 4.78 is 2.32. The van der Waals surface area contributed by atoms with Crippen molar-refractivity contribution in [2.45, 2.75) is 45.6 Å². The van der Waals surface area contributed by atoms with Crippen molar-refractivity contribution in [2.75, 3.05) is 37.6 Å². The highest BCUT2D eigenvalue weighted by Crippen LogP contribution is 2.23. The zero-order chi connectivity index (χ0) is 18.6. The first-order valence-electron chi connectivity index (χ1n) is 10.5. The van der Waals surface area contributed by atoms with Gasteiger partial charge >= 0.3 is 0 Å². The number of nitrogens with zero attached hydrogens (tertiary/aromatic N) is 3. The first-order valence-corrected chi connectivity index (χ1v) is 10.5. The third-order valence-corrected chi connectivity index (χ3v) is 6.06. The van der Waals surface area contributed by atoms with Gasteiger partial charge in [-0.05, 0) is 62.9 Å². The van der Waals surface area contributed by atoms with Gasteiger partial charge in [-0.2, -0.15) is 0 Å². The Kier molecular flexibility index (Phi) is 5.63. The lowest BCUT2D eigenvalue weighted by Crippen LogP contribution is -2.46. The Morgan fingerprint density at radius 2 is 1.78 bits per heavy atom. The molecule has 0 bridgehead atoms. The van der Waals surface area contributed by atoms with Gasteiger partial charge in [0.15, 0.2) is 5.78 Å². The molecule has 0 unspecified atom stereocenters. The van der Waals surface area contributed by atoms with E-state index in [1.54, 1.807) is 0 Å². The van der Waals surface area contributed by atoms with Gasteiger partial charge in [0.1, 0.15) is 0 Å². The molecule has 1 fully saturated rings. The molecular weight excluding hydrogens is 334 g/mol. The zero-order valence-electron chi connectivity index (χ0n) is 16.5. The second kappa shape index (κ2) is 8.30. The van der Waals surface area contributed by atoms with E-state index >= 15 is 0 Å². The number of anilines is 1. The number of Topliss-reactive ketones (excluding diaryl/α,β-unsaturated/α-hetero) is 1. The summed E-state index contributed by atoms with van der Waals surface area (Å²) in [5, 5.41) is 0. The van der Waals surface area contributed by atoms with Crippen molar-refractivity contribution in [3.05, 3.63) is 53.3 Å². The minimum Gasteiger partial charge on any atom is -0.369 e. The molecule has 4 nitrogen and oxygen atoms in total. The average Bonchev–Trinajstić information content (AvgIpc) is 3.10. The Morgan fingerprint density at radius 3 is 2.59 bits per heavy atom. The number of hydrogen-bond donors (Lipinski definition) is 0. The van der Waals surface area contributed by atoms with E-state index in [-0.39, 0.29) is 0 Å². The smallest absolute Gasteiger partial charge is 0.164 e. The van der Waals surface area contributed by atoms with E-state index < -0.39 is 0 Å². The first kappa shape index (κ1) is 18.3. The first-order chi connectivity index (χ1) is 13.2. The number of hydrogen-bond acceptors (Lipinski definition) is 3. The maximum Gasteiger partial charge on any atom is 0.164 e. The molecule has 0 atom stereocenters. The second-order valence-electron chi connectivity index (χ2n) is 8.02. The highest BCUT2D eigenvalue weighted by molar-refractivity contribution is 5.98. The Balaban J connectivity index is 1.19. The van der Waals surface area contributed by atoms with Gasteiger partial charge in [0.2, 0.25) is 0 Å². The van der Waals surface area contributed by atoms with E-state index in [9.17, 15) is 4.79 Å². The van der Waals surface area contributed by atoms with Gasteiger partial charge in [-0.3, -0.25) is 9.69 Å². The number of fused-ring (bicyclic) bond motifs is 1. The van der Waals surface area contributed by atoms with E-state index in [0.717, 1.165) is 57.5 Å². The summed E-state index contributed by atoms with van der Waals surface area (Å²) in [5.74, 6) is 0.335. The van der Waals surface area contributed by atoms with Crippen molar-refractivity contribution in [1.82, 2.24) is 9.47 Å². The van der Waals surface area contributed by atoms with Crippen molar-refractivity contribution in [3.8, 4) is 0 Å². The van der Waals surface area contributed by atoms with Crippen molar-refractivity contribution in [1.29, 1.82) is 0 Å². The van der Waals surface area contributed by atoms with E-state index in [4.69, 9.17) is 0 Å². The Morgan fingerprint density at radius 1 is 0.963 bits per heavy atom. The van der Waals surface area contributed by atoms with Crippen molar-refractivity contribution >= 4 is 11.5 Å². The highest BCUT2D eigenvalue weighted by Gasteiger charge is 2.20. The quantitative estimate of drug-likeness (QED) is 0.727. The van der Waals surface area contributed by atoms with Gasteiger partial charge in [-0.25, -0.2) is 0 Å². The molecule has 1 aromatic heterocycles. The largest absolute Gasteiger partial charge is 0.369 e. The van der Waals surface area contributed by atoms with Gasteiger partial charge < -0.3 is 9.47 Å². The van der Waals surface area contributed by atoms with E-state index in [2.05, 4.69) is 51.8 Å². The predicted octanol–water partition coefficient (Wildman–Crippen LogP) is 3.92. The molecule has 1 saturated heterocycles. The van der Waals surface area contributed by atoms with Crippen LogP contribution in [0.2, 0.25) is 0 Å². The molecule has 4 rings (SSSR count). The fraction of sp³-hybridized carbons (Fsp3) is 0.522. The Hall–Kier alpha value is -2.07. The number of unbranched alkanes of at least 4 members (excludes halogenated alkanes) is 1. The fourth-order valence-electron chi connectivity index (χ4n) is 4.47. The SMILES string of the molecule is Cc1cccc(N2CCN(CCCCn3ccc4c3CCCC4=O)CC2)c1. The Labute approximate surface area is 162 Å². The molecular formula is C23H31N3O. The zero-order valence-corrected chi connectivity index (χ0v) is 16.5. The van der Waals surface area contributed by atoms with E-state index in [0.29, 0.717) is 5.78 Å². The maximum absolute atomic E-state index is 12.0. The number of aromatic nitrogens is 1. The summed E-state index contributed by atoms with van der Waals surface area (Å²) in [6.45, 7) is 8.95. The van der Waals surface area contributed by atoms with Crippen LogP contribution in [0, 0.1) is 6.92 Å². The van der Waals surface area contributed by atoms with Gasteiger partial charge in [-0.15, -0.1) is 0 Å². The van der Waals surface area contributed by atoms with Gasteiger partial charge in [-0.1, -0.05) is 12.1 Å². The van der Waals surface area contributed by atoms with Crippen LogP contribution in [0.15, 0.2) is 36.5 Å². The summed E-state index contributed by atoms with van der Waals surface area (Å²) in [4.78, 5) is 17.1. The molecule has 0 saturated carbocycles. The van der Waals surface area contributed by atoms with Crippen LogP contribution in [0.5, 0.6) is 0 Å². The molecule has 1 aliphatic carbocycles. The third kappa shape index (κ3) is 4.27. The topological polar surface area (TPSA) is 28.5 Å². The number of rotatable bonds is 6. The van der Waals surface area contributed by atoms with E-state index in [1.807, 2.05) is 6.07 Å². The van der Waals surface area contributed by atoms with Gasteiger partial charge in [0, 0.05) is 62.3 Å². The predicted molar refractivity (Wildman–Crippen MR) is 111 cm³/mol. The average molecular weight is 366 g/mol. The summed E-state index contributed by atoms with van der Waals surface area (Å²) in [6.07, 6.45) is 7.34. The lowest BCUT2D eigenvalue weighted by Gasteiger charge is -2.36. The van der Waals surface area contributed by atoms with Crippen LogP contribution in [0.3, 0.4) is 0 Å². The number of benzene rings is 1. The number of aryl methyl sites for hydroxylation is 2. The maximum atomic E-state index is 12.0. The summed E-state index contributed by atoms with van der Waals surface area (Å²) in [7, 11) is 0. The number of piperazine rings is 1. The molecule has 4 heteroatoms. The van der Waals surface area contributed by atoms with Crippen molar-refractivity contribution in [2.24, 2.45) is 0 Å².